The van der Waals surface area contributed by atoms with Gasteiger partial charge in [-0.15, -0.1) is 0 Å². The fraction of sp³-hybridized carbons (Fsp3) is 0.897. The lowest BCUT2D eigenvalue weighted by Crippen LogP contribution is -2.30. The number of hydrogen-bond donors (Lipinski definition) is 3. The van der Waals surface area contributed by atoms with Crippen LogP contribution in [0.4, 0.5) is 0 Å². The summed E-state index contributed by atoms with van der Waals surface area (Å²) in [4.78, 5) is 72.9. The first-order valence-corrected chi connectivity index (χ1v) is 42.8. The van der Waals surface area contributed by atoms with Gasteiger partial charge in [-0.1, -0.05) is 323 Å². The second kappa shape index (κ2) is 68.0. The molecular weight excluding hydrogens is 1270 g/mol. The molecule has 0 aliphatic rings. The molecule has 0 heterocycles. The number of aliphatic hydroxyl groups excluding tert-OH is 1. The number of ether oxygens (including phenoxy) is 4. The molecular formula is C78H148O17P2. The van der Waals surface area contributed by atoms with Crippen LogP contribution in [-0.4, -0.2) is 96.7 Å². The van der Waals surface area contributed by atoms with Crippen molar-refractivity contribution in [1.82, 2.24) is 0 Å². The summed E-state index contributed by atoms with van der Waals surface area (Å²) in [6, 6.07) is 0. The third-order valence-corrected chi connectivity index (χ3v) is 20.5. The molecule has 0 saturated heterocycles. The zero-order valence-corrected chi connectivity index (χ0v) is 64.8. The SMILES string of the molecule is CCCCCC/C=C\C=C/CCCCCCCC(=O)OC[C@H](COP(=O)(O)OC[C@@H](O)COP(=O)(O)OC[C@@H](COC(=O)CCCCCCCCCCC(C)CC)OC(=O)CCCCCCCCCCC(C)CC)OC(=O)CCCCCCCCCCCCCCCCC(C)CC. The number of phosphoric acid groups is 2. The van der Waals surface area contributed by atoms with Gasteiger partial charge in [0, 0.05) is 25.7 Å². The van der Waals surface area contributed by atoms with Crippen LogP contribution in [0.15, 0.2) is 24.3 Å². The topological polar surface area (TPSA) is 237 Å². The van der Waals surface area contributed by atoms with Gasteiger partial charge in [-0.3, -0.25) is 37.3 Å². The van der Waals surface area contributed by atoms with Gasteiger partial charge in [-0.25, -0.2) is 9.13 Å². The molecule has 0 saturated carbocycles. The maximum Gasteiger partial charge on any atom is 0.472 e. The highest BCUT2D eigenvalue weighted by atomic mass is 31.2. The maximum atomic E-state index is 13.1. The molecule has 5 unspecified atom stereocenters. The first-order chi connectivity index (χ1) is 46.8. The van der Waals surface area contributed by atoms with Crippen LogP contribution in [-0.2, 0) is 65.4 Å². The van der Waals surface area contributed by atoms with E-state index in [4.69, 9.17) is 37.0 Å². The Kier molecular flexibility index (Phi) is 66.3. The van der Waals surface area contributed by atoms with E-state index in [0.29, 0.717) is 25.7 Å². The molecule has 0 aromatic carbocycles. The molecule has 0 rings (SSSR count). The number of carbonyl (C=O) groups is 4. The first-order valence-electron chi connectivity index (χ1n) is 39.8. The summed E-state index contributed by atoms with van der Waals surface area (Å²) in [5.41, 5.74) is 0. The summed E-state index contributed by atoms with van der Waals surface area (Å²) in [6.45, 7) is 11.9. The lowest BCUT2D eigenvalue weighted by molar-refractivity contribution is -0.161. The Hall–Kier alpha value is -2.46. The number of unbranched alkanes of at least 4 members (excludes halogenated alkanes) is 36. The molecule has 572 valence electrons. The van der Waals surface area contributed by atoms with Crippen LogP contribution in [0, 0.1) is 17.8 Å². The Morgan fingerprint density at radius 1 is 0.330 bits per heavy atom. The van der Waals surface area contributed by atoms with Crippen molar-refractivity contribution in [2.45, 2.75) is 394 Å². The fourth-order valence-electron chi connectivity index (χ4n) is 11.3. The standard InChI is InChI=1S/C78H148O17P2/c1-8-12-13-14-15-16-17-18-19-23-26-29-38-45-52-59-75(80)88-65-73(94-77(82)61-54-47-40-30-27-24-21-20-22-25-28-35-42-49-56-69(5)9-2)67-92-96(84,85)90-63-72(79)64-91-97(86,87)93-68-74(95-78(83)62-55-48-41-34-32-37-44-51-58-71(7)11-4)66-89-76(81)60-53-46-39-33-31-36-43-50-57-70(6)10-3/h16-19,69-74,79H,8-15,20-68H2,1-7H3,(H,84,85)(H,86,87)/b17-16-,19-18-/t69?,70?,71?,72-,73-,74-/m1/s1. The molecule has 17 nitrogen and oxygen atoms in total. The molecule has 3 N–H and O–H groups in total. The van der Waals surface area contributed by atoms with E-state index >= 15 is 0 Å². The van der Waals surface area contributed by atoms with Crippen LogP contribution >= 0.6 is 15.6 Å². The molecule has 0 aliphatic heterocycles. The van der Waals surface area contributed by atoms with Gasteiger partial charge in [-0.2, -0.15) is 0 Å². The highest BCUT2D eigenvalue weighted by Crippen LogP contribution is 2.45. The van der Waals surface area contributed by atoms with E-state index in [0.717, 1.165) is 127 Å². The smallest absolute Gasteiger partial charge is 0.462 e. The van der Waals surface area contributed by atoms with E-state index in [1.165, 1.54) is 167 Å². The van der Waals surface area contributed by atoms with Gasteiger partial charge in [-0.05, 0) is 69.1 Å². The minimum Gasteiger partial charge on any atom is -0.462 e. The average Bonchev–Trinajstić information content (AvgIpc) is 1.08. The van der Waals surface area contributed by atoms with E-state index in [1.54, 1.807) is 0 Å². The second-order valence-electron chi connectivity index (χ2n) is 28.1. The lowest BCUT2D eigenvalue weighted by Gasteiger charge is -2.21. The molecule has 0 aliphatic carbocycles. The predicted molar refractivity (Wildman–Crippen MR) is 395 cm³/mol. The van der Waals surface area contributed by atoms with Gasteiger partial charge in [0.25, 0.3) is 0 Å². The Labute approximate surface area is 592 Å². The van der Waals surface area contributed by atoms with Crippen LogP contribution in [0.3, 0.4) is 0 Å². The summed E-state index contributed by atoms with van der Waals surface area (Å²) in [5, 5.41) is 10.6. The van der Waals surface area contributed by atoms with Crippen molar-refractivity contribution in [2.75, 3.05) is 39.6 Å². The number of phosphoric ester groups is 2. The molecule has 0 aromatic rings. The van der Waals surface area contributed by atoms with Gasteiger partial charge in [0.05, 0.1) is 26.4 Å². The van der Waals surface area contributed by atoms with Crippen LogP contribution in [0.2, 0.25) is 0 Å². The van der Waals surface area contributed by atoms with E-state index in [-0.39, 0.29) is 25.7 Å². The van der Waals surface area contributed by atoms with Crippen LogP contribution in [0.25, 0.3) is 0 Å². The molecule has 97 heavy (non-hydrogen) atoms. The number of hydrogen-bond acceptors (Lipinski definition) is 15. The highest BCUT2D eigenvalue weighted by Gasteiger charge is 2.30. The quantitative estimate of drug-likeness (QED) is 0.0169. The molecule has 0 spiro atoms. The minimum atomic E-state index is -4.97. The molecule has 19 heteroatoms. The summed E-state index contributed by atoms with van der Waals surface area (Å²) >= 11 is 0. The Morgan fingerprint density at radius 3 is 0.866 bits per heavy atom. The van der Waals surface area contributed by atoms with Gasteiger partial charge in [0.15, 0.2) is 12.2 Å². The molecule has 8 atom stereocenters. The number of carbonyl (C=O) groups excluding carboxylic acids is 4. The normalized spacial score (nSPS) is 15.0. The van der Waals surface area contributed by atoms with Crippen LogP contribution in [0.5, 0.6) is 0 Å². The Balaban J connectivity index is 5.30. The summed E-state index contributed by atoms with van der Waals surface area (Å²) in [5.74, 6) is 0.241. The van der Waals surface area contributed by atoms with E-state index in [2.05, 4.69) is 72.8 Å². The van der Waals surface area contributed by atoms with Gasteiger partial charge >= 0.3 is 39.5 Å². The number of aliphatic hydroxyl groups is 1. The molecule has 0 radical (unpaired) electrons. The van der Waals surface area contributed by atoms with Crippen molar-refractivity contribution in [3.63, 3.8) is 0 Å². The molecule has 0 aromatic heterocycles. The van der Waals surface area contributed by atoms with Crippen LogP contribution in [0.1, 0.15) is 376 Å². The number of rotatable bonds is 74. The Morgan fingerprint density at radius 2 is 0.577 bits per heavy atom. The van der Waals surface area contributed by atoms with Gasteiger partial charge in [0.1, 0.15) is 19.3 Å². The predicted octanol–water partition coefficient (Wildman–Crippen LogP) is 22.5. The molecule has 0 fully saturated rings. The minimum absolute atomic E-state index is 0.100. The van der Waals surface area contributed by atoms with E-state index in [1.807, 2.05) is 0 Å². The van der Waals surface area contributed by atoms with E-state index < -0.39 is 97.5 Å². The van der Waals surface area contributed by atoms with Crippen molar-refractivity contribution in [2.24, 2.45) is 17.8 Å². The second-order valence-corrected chi connectivity index (χ2v) is 31.0. The monoisotopic (exact) mass is 1420 g/mol. The first kappa shape index (κ1) is 94.5. The van der Waals surface area contributed by atoms with Crippen molar-refractivity contribution in [3.8, 4) is 0 Å². The highest BCUT2D eigenvalue weighted by molar-refractivity contribution is 7.47. The van der Waals surface area contributed by atoms with Crippen molar-refractivity contribution >= 4 is 39.5 Å². The van der Waals surface area contributed by atoms with E-state index in [9.17, 15) is 43.2 Å². The summed E-state index contributed by atoms with van der Waals surface area (Å²) in [6.07, 6.45) is 57.5. The summed E-state index contributed by atoms with van der Waals surface area (Å²) in [7, 11) is -9.93. The maximum absolute atomic E-state index is 13.1. The summed E-state index contributed by atoms with van der Waals surface area (Å²) < 4.78 is 68.6. The van der Waals surface area contributed by atoms with Crippen molar-refractivity contribution in [1.29, 1.82) is 0 Å². The zero-order valence-electron chi connectivity index (χ0n) is 63.0. The number of allylic oxidation sites excluding steroid dienone is 4. The van der Waals surface area contributed by atoms with Gasteiger partial charge < -0.3 is 33.8 Å². The third kappa shape index (κ3) is 67.8. The lowest BCUT2D eigenvalue weighted by atomic mass is 9.99. The zero-order chi connectivity index (χ0) is 71.6. The fourth-order valence-corrected chi connectivity index (χ4v) is 12.9. The third-order valence-electron chi connectivity index (χ3n) is 18.6. The van der Waals surface area contributed by atoms with Crippen molar-refractivity contribution < 1.29 is 80.2 Å². The van der Waals surface area contributed by atoms with Crippen LogP contribution < -0.4 is 0 Å². The molecule has 0 amide bonds. The van der Waals surface area contributed by atoms with Crippen molar-refractivity contribution in [3.05, 3.63) is 24.3 Å². The average molecular weight is 1420 g/mol. The number of esters is 4. The largest absolute Gasteiger partial charge is 0.472 e. The molecule has 0 bridgehead atoms. The van der Waals surface area contributed by atoms with Gasteiger partial charge in [0.2, 0.25) is 0 Å². The Bertz CT molecular complexity index is 1990.